The Morgan fingerprint density at radius 1 is 0.630 bits per heavy atom. The van der Waals surface area contributed by atoms with Crippen molar-refractivity contribution >= 4 is 38.9 Å². The number of piperidine rings is 2. The molecule has 10 nitrogen and oxygen atoms in total. The van der Waals surface area contributed by atoms with Gasteiger partial charge < -0.3 is 18.9 Å². The Labute approximate surface area is 334 Å². The largest absolute Gasteiger partial charge is 0.493 e. The van der Waals surface area contributed by atoms with Gasteiger partial charge in [-0.05, 0) is 129 Å². The molecule has 2 fully saturated rings. The summed E-state index contributed by atoms with van der Waals surface area (Å²) < 4.78 is 24.5. The fraction of sp³-hybridized carbons (Fsp3) is 0.476. The number of hydrazine groups is 1. The summed E-state index contributed by atoms with van der Waals surface area (Å²) in [4.78, 5) is 14.3. The van der Waals surface area contributed by atoms with Crippen LogP contribution in [-0.2, 0) is 13.1 Å². The molecule has 6 rings (SSSR count). The average Bonchev–Trinajstić information content (AvgIpc) is 3.19. The SMILES string of the molecule is CCOc1cc(CN2CCC(N(c3cccnc3)N(c3cccnc3)C3CCN(Cc4cc(OCC)c(Br)c(OCC)c4)CC3)CC2)cc(OCC)c1Cl. The van der Waals surface area contributed by atoms with Gasteiger partial charge in [-0.15, -0.1) is 0 Å². The highest BCUT2D eigenvalue weighted by Gasteiger charge is 2.35. The average molecular weight is 822 g/mol. The normalized spacial score (nSPS) is 15.9. The molecule has 0 bridgehead atoms. The number of nitrogens with zero attached hydrogens (tertiary/aromatic N) is 6. The molecule has 0 N–H and O–H groups in total. The Balaban J connectivity index is 1.19. The zero-order valence-electron chi connectivity index (χ0n) is 32.1. The Bertz CT molecular complexity index is 1570. The molecular formula is C42H54BrClN6O4. The van der Waals surface area contributed by atoms with Gasteiger partial charge in [-0.25, -0.2) is 0 Å². The van der Waals surface area contributed by atoms with E-state index in [0.29, 0.717) is 42.9 Å². The second-order valence-electron chi connectivity index (χ2n) is 13.7. The lowest BCUT2D eigenvalue weighted by Crippen LogP contribution is -2.59. The van der Waals surface area contributed by atoms with Crippen molar-refractivity contribution in [2.45, 2.75) is 78.6 Å². The van der Waals surface area contributed by atoms with Crippen molar-refractivity contribution in [2.24, 2.45) is 0 Å². The molecule has 0 spiro atoms. The lowest BCUT2D eigenvalue weighted by atomic mass is 10.00. The van der Waals surface area contributed by atoms with Crippen molar-refractivity contribution in [1.29, 1.82) is 0 Å². The number of benzene rings is 2. The predicted molar refractivity (Wildman–Crippen MR) is 220 cm³/mol. The van der Waals surface area contributed by atoms with E-state index in [2.05, 4.69) is 82.1 Å². The molecule has 12 heteroatoms. The third kappa shape index (κ3) is 9.90. The molecule has 0 unspecified atom stereocenters. The molecular weight excluding hydrogens is 768 g/mol. The molecule has 4 heterocycles. The highest BCUT2D eigenvalue weighted by Crippen LogP contribution is 2.39. The van der Waals surface area contributed by atoms with Gasteiger partial charge in [0.25, 0.3) is 0 Å². The number of likely N-dealkylation sites (tertiary alicyclic amines) is 2. The van der Waals surface area contributed by atoms with E-state index in [1.807, 2.05) is 64.6 Å². The van der Waals surface area contributed by atoms with Gasteiger partial charge in [0.15, 0.2) is 0 Å². The highest BCUT2D eigenvalue weighted by molar-refractivity contribution is 9.10. The van der Waals surface area contributed by atoms with Gasteiger partial charge in [-0.3, -0.25) is 29.8 Å². The minimum atomic E-state index is 0.281. The summed E-state index contributed by atoms with van der Waals surface area (Å²) in [6.07, 6.45) is 11.7. The zero-order valence-corrected chi connectivity index (χ0v) is 34.4. The molecule has 290 valence electrons. The predicted octanol–water partition coefficient (Wildman–Crippen LogP) is 9.04. The standard InChI is InChI=1S/C42H54BrClN6O4/c1-5-51-37-23-31(24-38(41(37)43)52-6-2)29-47-19-13-33(14-20-47)49(35-11-9-17-45-27-35)50(36-12-10-18-46-28-36)34-15-21-48(22-16-34)30-32-25-39(53-7-3)42(44)40(26-32)54-8-4/h9-12,17-18,23-28,33-34H,5-8,13-16,19-22,29-30H2,1-4H3. The summed E-state index contributed by atoms with van der Waals surface area (Å²) in [7, 11) is 0. The fourth-order valence-corrected chi connectivity index (χ4v) is 8.32. The van der Waals surface area contributed by atoms with Crippen molar-refractivity contribution < 1.29 is 18.9 Å². The summed E-state index contributed by atoms with van der Waals surface area (Å²) >= 11 is 10.3. The second kappa shape index (κ2) is 19.7. The van der Waals surface area contributed by atoms with Crippen molar-refractivity contribution in [2.75, 3.05) is 62.6 Å². The first-order valence-electron chi connectivity index (χ1n) is 19.4. The summed E-state index contributed by atoms with van der Waals surface area (Å²) in [5.74, 6) is 3.01. The van der Waals surface area contributed by atoms with Crippen molar-refractivity contribution in [3.63, 3.8) is 0 Å². The van der Waals surface area contributed by atoms with Gasteiger partial charge in [0.2, 0.25) is 0 Å². The summed E-state index contributed by atoms with van der Waals surface area (Å²) in [5.41, 5.74) is 4.54. The molecule has 4 aromatic rings. The van der Waals surface area contributed by atoms with Gasteiger partial charge in [0.1, 0.15) is 32.5 Å². The van der Waals surface area contributed by atoms with Gasteiger partial charge >= 0.3 is 0 Å². The van der Waals surface area contributed by atoms with Gasteiger partial charge in [0, 0.05) is 51.7 Å². The first kappa shape index (κ1) is 39.9. The number of aromatic nitrogens is 2. The number of hydrogen-bond donors (Lipinski definition) is 0. The Morgan fingerprint density at radius 2 is 1.00 bits per heavy atom. The molecule has 0 atom stereocenters. The van der Waals surface area contributed by atoms with Gasteiger partial charge in [-0.2, -0.15) is 0 Å². The van der Waals surface area contributed by atoms with Gasteiger partial charge in [-0.1, -0.05) is 11.6 Å². The lowest BCUT2D eigenvalue weighted by Gasteiger charge is -2.50. The van der Waals surface area contributed by atoms with E-state index in [4.69, 9.17) is 30.5 Å². The fourth-order valence-electron chi connectivity index (χ4n) is 7.64. The van der Waals surface area contributed by atoms with E-state index >= 15 is 0 Å². The maximum Gasteiger partial charge on any atom is 0.141 e. The third-order valence-corrected chi connectivity index (χ3v) is 11.2. The number of halogens is 2. The van der Waals surface area contributed by atoms with Crippen LogP contribution in [0.2, 0.25) is 5.02 Å². The summed E-state index contributed by atoms with van der Waals surface area (Å²) in [6, 6.07) is 17.4. The first-order valence-corrected chi connectivity index (χ1v) is 20.6. The minimum absolute atomic E-state index is 0.281. The van der Waals surface area contributed by atoms with Gasteiger partial charge in [0.05, 0.1) is 62.3 Å². The van der Waals surface area contributed by atoms with E-state index in [-0.39, 0.29) is 12.1 Å². The van der Waals surface area contributed by atoms with Crippen LogP contribution in [0.4, 0.5) is 11.4 Å². The van der Waals surface area contributed by atoms with Crippen molar-refractivity contribution in [1.82, 2.24) is 19.8 Å². The van der Waals surface area contributed by atoms with Crippen LogP contribution >= 0.6 is 27.5 Å². The Morgan fingerprint density at radius 3 is 1.35 bits per heavy atom. The van der Waals surface area contributed by atoms with Crippen LogP contribution in [0.15, 0.2) is 77.8 Å². The topological polar surface area (TPSA) is 75.7 Å². The second-order valence-corrected chi connectivity index (χ2v) is 14.8. The molecule has 2 aromatic heterocycles. The molecule has 2 aromatic carbocycles. The molecule has 0 amide bonds. The Hall–Kier alpha value is -3.77. The molecule has 0 aliphatic carbocycles. The number of anilines is 2. The summed E-state index contributed by atoms with van der Waals surface area (Å²) in [6.45, 7) is 15.8. The van der Waals surface area contributed by atoms with E-state index in [1.54, 1.807) is 0 Å². The number of pyridine rings is 2. The van der Waals surface area contributed by atoms with Crippen molar-refractivity contribution in [3.05, 3.63) is 93.9 Å². The number of ether oxygens (including phenoxy) is 4. The van der Waals surface area contributed by atoms with Crippen LogP contribution in [-0.4, -0.2) is 84.5 Å². The molecule has 54 heavy (non-hydrogen) atoms. The minimum Gasteiger partial charge on any atom is -0.493 e. The van der Waals surface area contributed by atoms with E-state index < -0.39 is 0 Å². The smallest absolute Gasteiger partial charge is 0.141 e. The quantitative estimate of drug-likeness (QED) is 0.0964. The van der Waals surface area contributed by atoms with Crippen LogP contribution < -0.4 is 29.0 Å². The maximum absolute atomic E-state index is 6.62. The molecule has 2 aliphatic rings. The van der Waals surface area contributed by atoms with E-state index in [1.165, 1.54) is 5.56 Å². The lowest BCUT2D eigenvalue weighted by molar-refractivity contribution is 0.183. The molecule has 0 radical (unpaired) electrons. The Kier molecular flexibility index (Phi) is 14.6. The molecule has 2 saturated heterocycles. The van der Waals surface area contributed by atoms with E-state index in [9.17, 15) is 0 Å². The summed E-state index contributed by atoms with van der Waals surface area (Å²) in [5, 5.41) is 5.60. The van der Waals surface area contributed by atoms with Crippen LogP contribution in [0.25, 0.3) is 0 Å². The van der Waals surface area contributed by atoms with Crippen LogP contribution in [0.1, 0.15) is 64.5 Å². The van der Waals surface area contributed by atoms with Crippen LogP contribution in [0, 0.1) is 0 Å². The molecule has 2 aliphatic heterocycles. The van der Waals surface area contributed by atoms with Crippen molar-refractivity contribution in [3.8, 4) is 23.0 Å². The zero-order chi connectivity index (χ0) is 37.9. The first-order chi connectivity index (χ1) is 26.4. The van der Waals surface area contributed by atoms with Crippen LogP contribution in [0.3, 0.4) is 0 Å². The number of rotatable bonds is 17. The third-order valence-electron chi connectivity index (χ3n) is 10.0. The monoisotopic (exact) mass is 820 g/mol. The highest BCUT2D eigenvalue weighted by atomic mass is 79.9. The van der Waals surface area contributed by atoms with Crippen LogP contribution in [0.5, 0.6) is 23.0 Å². The molecule has 0 saturated carbocycles. The maximum atomic E-state index is 6.62. The van der Waals surface area contributed by atoms with E-state index in [0.717, 1.165) is 97.9 Å². The number of hydrogen-bond acceptors (Lipinski definition) is 10.